The van der Waals surface area contributed by atoms with Gasteiger partial charge in [-0.1, -0.05) is 88.9 Å². The maximum atomic E-state index is 13.0. The van der Waals surface area contributed by atoms with Crippen LogP contribution in [-0.4, -0.2) is 23.2 Å². The lowest BCUT2D eigenvalue weighted by Gasteiger charge is -2.34. The number of phenols is 2. The molecule has 0 radical (unpaired) electrons. The molecule has 0 saturated carbocycles. The third kappa shape index (κ3) is 3.44. The average molecular weight is 494 g/mol. The zero-order chi connectivity index (χ0) is 21.6. The third-order valence-electron chi connectivity index (χ3n) is 4.44. The molecule has 3 aromatic carbocycles. The molecule has 3 N–H and O–H groups in total. The van der Waals surface area contributed by atoms with E-state index < -0.39 is 37.0 Å². The Bertz CT molecular complexity index is 1200. The number of hydrogen-bond donors (Lipinski definition) is 3. The van der Waals surface area contributed by atoms with Crippen molar-refractivity contribution in [3.8, 4) is 11.5 Å². The minimum atomic E-state index is -5.11. The summed E-state index contributed by atoms with van der Waals surface area (Å²) >= 11 is 24.3. The first kappa shape index (κ1) is 22.0. The molecule has 0 heterocycles. The average Bonchev–Trinajstić information content (AvgIpc) is 2.67. The largest absolute Gasteiger partial charge is 0.506 e. The van der Waals surface area contributed by atoms with Gasteiger partial charge in [-0.25, -0.2) is 0 Å². The molecule has 29 heavy (non-hydrogen) atoms. The van der Waals surface area contributed by atoms with Crippen LogP contribution in [0.25, 0.3) is 0 Å². The zero-order valence-corrected chi connectivity index (χ0v) is 18.1. The summed E-state index contributed by atoms with van der Waals surface area (Å²) in [5, 5.41) is 19.8. The highest BCUT2D eigenvalue weighted by Gasteiger charge is 2.52. The summed E-state index contributed by atoms with van der Waals surface area (Å²) in [5.74, 6) is -1.36. The second-order valence-corrected chi connectivity index (χ2v) is 9.15. The van der Waals surface area contributed by atoms with Gasteiger partial charge in [0.2, 0.25) is 0 Å². The molecule has 0 amide bonds. The Labute approximate surface area is 186 Å². The summed E-state index contributed by atoms with van der Waals surface area (Å²) in [5.41, 5.74) is -0.601. The molecule has 0 aromatic heterocycles. The first-order valence-corrected chi connectivity index (χ1v) is 10.9. The summed E-state index contributed by atoms with van der Waals surface area (Å²) in [6.45, 7) is 0. The molecule has 0 aliphatic heterocycles. The zero-order valence-electron chi connectivity index (χ0n) is 14.3. The first-order chi connectivity index (χ1) is 13.5. The minimum Gasteiger partial charge on any atom is -0.506 e. The molecule has 1 unspecified atom stereocenters. The molecule has 0 aliphatic rings. The van der Waals surface area contributed by atoms with Crippen LogP contribution in [0.15, 0.2) is 54.6 Å². The van der Waals surface area contributed by atoms with Gasteiger partial charge in [-0.3, -0.25) is 4.55 Å². The lowest BCUT2D eigenvalue weighted by atomic mass is 9.83. The molecule has 3 rings (SSSR count). The predicted octanol–water partition coefficient (Wildman–Crippen LogP) is 5.89. The van der Waals surface area contributed by atoms with Crippen LogP contribution in [0.2, 0.25) is 20.1 Å². The smallest absolute Gasteiger partial charge is 0.283 e. The van der Waals surface area contributed by atoms with E-state index in [9.17, 15) is 23.2 Å². The molecule has 0 aliphatic carbocycles. The van der Waals surface area contributed by atoms with Crippen LogP contribution in [0.4, 0.5) is 0 Å². The highest BCUT2D eigenvalue weighted by molar-refractivity contribution is 7.87. The number of hydrogen-bond acceptors (Lipinski definition) is 4. The van der Waals surface area contributed by atoms with Crippen LogP contribution < -0.4 is 0 Å². The predicted molar refractivity (Wildman–Crippen MR) is 114 cm³/mol. The van der Waals surface area contributed by atoms with Crippen LogP contribution >= 0.6 is 46.4 Å². The number of halogens is 4. The molecule has 3 aromatic rings. The van der Waals surface area contributed by atoms with Gasteiger partial charge >= 0.3 is 0 Å². The molecule has 10 heteroatoms. The van der Waals surface area contributed by atoms with Gasteiger partial charge in [-0.2, -0.15) is 8.42 Å². The summed E-state index contributed by atoms with van der Waals surface area (Å²) in [7, 11) is -5.11. The van der Waals surface area contributed by atoms with E-state index in [1.165, 1.54) is 42.5 Å². The van der Waals surface area contributed by atoms with E-state index >= 15 is 0 Å². The lowest BCUT2D eigenvalue weighted by molar-refractivity contribution is 0.435. The van der Waals surface area contributed by atoms with Gasteiger partial charge in [0.25, 0.3) is 10.1 Å². The maximum Gasteiger partial charge on any atom is 0.283 e. The Kier molecular flexibility index (Phi) is 5.98. The second-order valence-electron chi connectivity index (χ2n) is 6.04. The van der Waals surface area contributed by atoms with Gasteiger partial charge in [-0.05, 0) is 17.7 Å². The highest BCUT2D eigenvalue weighted by Crippen LogP contribution is 2.53. The minimum absolute atomic E-state index is 0.0110. The molecule has 152 valence electrons. The molecule has 0 bridgehead atoms. The van der Waals surface area contributed by atoms with Crippen molar-refractivity contribution in [2.75, 3.05) is 0 Å². The molecule has 1 atom stereocenters. The molecule has 0 saturated heterocycles. The molecular weight excluding hydrogens is 482 g/mol. The first-order valence-electron chi connectivity index (χ1n) is 7.91. The van der Waals surface area contributed by atoms with Crippen molar-refractivity contribution >= 4 is 56.5 Å². The van der Waals surface area contributed by atoms with Gasteiger partial charge < -0.3 is 10.2 Å². The van der Waals surface area contributed by atoms with Crippen LogP contribution in [0.5, 0.6) is 11.5 Å². The van der Waals surface area contributed by atoms with E-state index in [2.05, 4.69) is 0 Å². The van der Waals surface area contributed by atoms with Crippen molar-refractivity contribution in [3.63, 3.8) is 0 Å². The normalized spacial score (nSPS) is 13.8. The van der Waals surface area contributed by atoms with E-state index in [0.717, 1.165) is 6.07 Å². The van der Waals surface area contributed by atoms with Crippen molar-refractivity contribution in [3.05, 3.63) is 91.4 Å². The summed E-state index contributed by atoms with van der Waals surface area (Å²) in [6.07, 6.45) is 0. The highest BCUT2D eigenvalue weighted by atomic mass is 35.5. The third-order valence-corrected chi connectivity index (χ3v) is 7.55. The fourth-order valence-corrected chi connectivity index (χ4v) is 5.36. The Morgan fingerprint density at radius 1 is 0.759 bits per heavy atom. The number of benzene rings is 3. The Balaban J connectivity index is 2.65. The SMILES string of the molecule is O=S(=O)(O)C(c1ccccc1)(c1cc(O)c(Cl)c(Cl)c1O)c1cccc(Cl)c1Cl. The molecular formula is C19H12Cl4O5S. The van der Waals surface area contributed by atoms with Crippen LogP contribution in [0.3, 0.4) is 0 Å². The van der Waals surface area contributed by atoms with E-state index in [1.807, 2.05) is 0 Å². The van der Waals surface area contributed by atoms with Gasteiger partial charge in [0.15, 0.2) is 4.75 Å². The van der Waals surface area contributed by atoms with E-state index in [4.69, 9.17) is 46.4 Å². The molecule has 0 spiro atoms. The van der Waals surface area contributed by atoms with Gasteiger partial charge in [0.1, 0.15) is 21.5 Å². The van der Waals surface area contributed by atoms with Crippen LogP contribution in [0, 0.1) is 0 Å². The van der Waals surface area contributed by atoms with Crippen molar-refractivity contribution in [1.82, 2.24) is 0 Å². The number of rotatable bonds is 4. The number of aromatic hydroxyl groups is 2. The van der Waals surface area contributed by atoms with Crippen LogP contribution in [0.1, 0.15) is 16.7 Å². The standard InChI is InChI=1S/C19H12Cl4O5S/c20-13-8-4-7-11(15(13)21)19(29(26,27)28,10-5-2-1-3-6-10)12-9-14(24)16(22)17(23)18(12)25/h1-9,24-25H,(H,26,27,28). The van der Waals surface area contributed by atoms with E-state index in [0.29, 0.717) is 0 Å². The summed E-state index contributed by atoms with van der Waals surface area (Å²) in [4.78, 5) is 0. The fourth-order valence-electron chi connectivity index (χ4n) is 3.20. The van der Waals surface area contributed by atoms with Crippen molar-refractivity contribution in [1.29, 1.82) is 0 Å². The van der Waals surface area contributed by atoms with Crippen LogP contribution in [-0.2, 0) is 14.9 Å². The quantitative estimate of drug-likeness (QED) is 0.239. The monoisotopic (exact) mass is 492 g/mol. The van der Waals surface area contributed by atoms with Gasteiger partial charge in [-0.15, -0.1) is 0 Å². The second kappa shape index (κ2) is 7.87. The van der Waals surface area contributed by atoms with E-state index in [-0.39, 0.29) is 26.2 Å². The van der Waals surface area contributed by atoms with E-state index in [1.54, 1.807) is 6.07 Å². The molecule has 5 nitrogen and oxygen atoms in total. The summed E-state index contributed by atoms with van der Waals surface area (Å²) < 4.78 is 33.9. The topological polar surface area (TPSA) is 94.8 Å². The van der Waals surface area contributed by atoms with Gasteiger partial charge in [0, 0.05) is 11.1 Å². The fraction of sp³-hybridized carbons (Fsp3) is 0.0526. The van der Waals surface area contributed by atoms with Gasteiger partial charge in [0.05, 0.1) is 10.0 Å². The summed E-state index contributed by atoms with van der Waals surface area (Å²) in [6, 6.07) is 12.6. The van der Waals surface area contributed by atoms with Crippen molar-refractivity contribution < 1.29 is 23.2 Å². The van der Waals surface area contributed by atoms with Crippen molar-refractivity contribution in [2.24, 2.45) is 0 Å². The Morgan fingerprint density at radius 3 is 1.97 bits per heavy atom. The lowest BCUT2D eigenvalue weighted by Crippen LogP contribution is -2.38. The Hall–Kier alpha value is -1.67. The number of phenolic OH excluding ortho intramolecular Hbond substituents is 2. The Morgan fingerprint density at radius 2 is 1.38 bits per heavy atom. The maximum absolute atomic E-state index is 13.0. The van der Waals surface area contributed by atoms with Crippen molar-refractivity contribution in [2.45, 2.75) is 4.75 Å². The molecule has 0 fully saturated rings.